The van der Waals surface area contributed by atoms with Gasteiger partial charge in [-0.1, -0.05) is 0 Å². The van der Waals surface area contributed by atoms with Crippen LogP contribution < -0.4 is 9.47 Å². The van der Waals surface area contributed by atoms with Gasteiger partial charge in [-0.25, -0.2) is 9.97 Å². The Bertz CT molecular complexity index is 1150. The Morgan fingerprint density at radius 3 is 2.43 bits per heavy atom. The molecule has 0 saturated carbocycles. The van der Waals surface area contributed by atoms with E-state index in [1.165, 1.54) is 0 Å². The van der Waals surface area contributed by atoms with Crippen molar-refractivity contribution in [2.24, 2.45) is 7.05 Å². The highest BCUT2D eigenvalue weighted by Gasteiger charge is 2.19. The molecule has 7 nitrogen and oxygen atoms in total. The number of aromatic nitrogens is 4. The molecule has 1 unspecified atom stereocenters. The van der Waals surface area contributed by atoms with Crippen LogP contribution in [0.25, 0.3) is 22.4 Å². The summed E-state index contributed by atoms with van der Waals surface area (Å²) in [4.78, 5) is 14.0. The molecule has 0 bridgehead atoms. The Balaban J connectivity index is 1.78. The molecule has 30 heavy (non-hydrogen) atoms. The molecule has 0 aliphatic heterocycles. The van der Waals surface area contributed by atoms with Crippen molar-refractivity contribution >= 4 is 11.2 Å². The number of rotatable bonds is 7. The van der Waals surface area contributed by atoms with E-state index >= 15 is 0 Å². The number of pyridine rings is 1. The Labute approximate surface area is 175 Å². The third-order valence-corrected chi connectivity index (χ3v) is 5.11. The molecular formula is C23H24N4O3. The summed E-state index contributed by atoms with van der Waals surface area (Å²) in [6, 6.07) is 11.6. The second-order valence-corrected chi connectivity index (χ2v) is 7.11. The van der Waals surface area contributed by atoms with Gasteiger partial charge in [0.1, 0.15) is 17.0 Å². The maximum absolute atomic E-state index is 9.70. The predicted octanol–water partition coefficient (Wildman–Crippen LogP) is 3.56. The van der Waals surface area contributed by atoms with Crippen LogP contribution in [-0.4, -0.2) is 45.5 Å². The van der Waals surface area contributed by atoms with Gasteiger partial charge < -0.3 is 19.1 Å². The number of aryl methyl sites for hydroxylation is 1. The summed E-state index contributed by atoms with van der Waals surface area (Å²) in [6.07, 6.45) is 6.24. The van der Waals surface area contributed by atoms with Crippen LogP contribution in [0.5, 0.6) is 11.5 Å². The molecule has 0 amide bonds. The Kier molecular flexibility index (Phi) is 5.63. The van der Waals surface area contributed by atoms with Gasteiger partial charge in [0.25, 0.3) is 0 Å². The Hall–Kier alpha value is -3.45. The van der Waals surface area contributed by atoms with Crippen LogP contribution in [0.1, 0.15) is 23.6 Å². The zero-order valence-corrected chi connectivity index (χ0v) is 17.2. The molecule has 0 aliphatic carbocycles. The van der Waals surface area contributed by atoms with E-state index in [4.69, 9.17) is 19.4 Å². The summed E-state index contributed by atoms with van der Waals surface area (Å²) < 4.78 is 12.8. The van der Waals surface area contributed by atoms with E-state index in [1.54, 1.807) is 20.4 Å². The molecule has 0 radical (unpaired) electrons. The van der Waals surface area contributed by atoms with Crippen LogP contribution in [0.3, 0.4) is 0 Å². The van der Waals surface area contributed by atoms with Gasteiger partial charge in [0.05, 0.1) is 31.8 Å². The second-order valence-electron chi connectivity index (χ2n) is 7.11. The zero-order valence-electron chi connectivity index (χ0n) is 17.2. The van der Waals surface area contributed by atoms with E-state index in [9.17, 15) is 5.11 Å². The molecular weight excluding hydrogens is 380 g/mol. The summed E-state index contributed by atoms with van der Waals surface area (Å²) in [5.41, 5.74) is 4.83. The fourth-order valence-corrected chi connectivity index (χ4v) is 3.55. The number of benzene rings is 1. The fraction of sp³-hybridized carbons (Fsp3) is 0.261. The van der Waals surface area contributed by atoms with Gasteiger partial charge in [0, 0.05) is 43.6 Å². The number of fused-ring (bicyclic) bond motifs is 1. The van der Waals surface area contributed by atoms with Crippen molar-refractivity contribution in [1.29, 1.82) is 0 Å². The molecule has 1 N–H and O–H groups in total. The molecule has 0 fully saturated rings. The van der Waals surface area contributed by atoms with Crippen molar-refractivity contribution in [3.63, 3.8) is 0 Å². The molecule has 3 heterocycles. The first-order valence-corrected chi connectivity index (χ1v) is 9.71. The third kappa shape index (κ3) is 3.97. The van der Waals surface area contributed by atoms with Crippen LogP contribution in [0.2, 0.25) is 0 Å². The quantitative estimate of drug-likeness (QED) is 0.507. The molecule has 3 aromatic heterocycles. The number of methoxy groups -OCH3 is 2. The minimum Gasteiger partial charge on any atom is -0.497 e. The molecule has 1 atom stereocenters. The lowest BCUT2D eigenvalue weighted by Gasteiger charge is -2.18. The number of ether oxygens (including phenoxy) is 2. The number of hydrogen-bond donors (Lipinski definition) is 1. The van der Waals surface area contributed by atoms with Crippen molar-refractivity contribution in [2.75, 3.05) is 20.8 Å². The van der Waals surface area contributed by atoms with Gasteiger partial charge in [-0.2, -0.15) is 0 Å². The lowest BCUT2D eigenvalue weighted by atomic mass is 9.91. The fourth-order valence-electron chi connectivity index (χ4n) is 3.55. The van der Waals surface area contributed by atoms with Crippen molar-refractivity contribution in [1.82, 2.24) is 19.5 Å². The predicted molar refractivity (Wildman–Crippen MR) is 115 cm³/mol. The Morgan fingerprint density at radius 2 is 1.80 bits per heavy atom. The molecule has 4 aromatic rings. The summed E-state index contributed by atoms with van der Waals surface area (Å²) in [6.45, 7) is 0.0274. The SMILES string of the molecule is COc1cc(OC)cc(C(CCO)c2ccc3ncc(-c4ccn(C)c4)nc3n2)c1. The average Bonchev–Trinajstić information content (AvgIpc) is 3.22. The first-order valence-electron chi connectivity index (χ1n) is 9.71. The van der Waals surface area contributed by atoms with E-state index in [-0.39, 0.29) is 12.5 Å². The average molecular weight is 404 g/mol. The van der Waals surface area contributed by atoms with Gasteiger partial charge in [0.2, 0.25) is 0 Å². The van der Waals surface area contributed by atoms with E-state index < -0.39 is 0 Å². The standard InChI is InChI=1S/C23H24N4O3/c1-27-8-6-15(14-27)22-13-24-21-5-4-20(25-23(21)26-22)19(7-9-28)16-10-17(29-2)12-18(11-16)30-3/h4-6,8,10-14,19,28H,7,9H2,1-3H3. The van der Waals surface area contributed by atoms with E-state index in [2.05, 4.69) is 4.98 Å². The van der Waals surface area contributed by atoms with Crippen LogP contribution in [0.15, 0.2) is 55.0 Å². The lowest BCUT2D eigenvalue weighted by Crippen LogP contribution is -2.07. The molecule has 7 heteroatoms. The first kappa shape index (κ1) is 19.8. The number of hydrogen-bond acceptors (Lipinski definition) is 6. The number of aliphatic hydroxyl groups excluding tert-OH is 1. The van der Waals surface area contributed by atoms with Crippen molar-refractivity contribution in [2.45, 2.75) is 12.3 Å². The summed E-state index contributed by atoms with van der Waals surface area (Å²) in [7, 11) is 5.21. The minimum atomic E-state index is -0.134. The molecule has 0 aliphatic rings. The number of nitrogens with zero attached hydrogens (tertiary/aromatic N) is 4. The van der Waals surface area contributed by atoms with Gasteiger partial charge >= 0.3 is 0 Å². The minimum absolute atomic E-state index is 0.0274. The lowest BCUT2D eigenvalue weighted by molar-refractivity contribution is 0.280. The summed E-state index contributed by atoms with van der Waals surface area (Å²) >= 11 is 0. The van der Waals surface area contributed by atoms with E-state index in [0.29, 0.717) is 23.6 Å². The Morgan fingerprint density at radius 1 is 1.03 bits per heavy atom. The molecule has 4 rings (SSSR count). The molecule has 1 aromatic carbocycles. The van der Waals surface area contributed by atoms with Crippen LogP contribution in [0, 0.1) is 0 Å². The van der Waals surface area contributed by atoms with Crippen LogP contribution >= 0.6 is 0 Å². The summed E-state index contributed by atoms with van der Waals surface area (Å²) in [5.74, 6) is 1.25. The number of aliphatic hydroxyl groups is 1. The third-order valence-electron chi connectivity index (χ3n) is 5.11. The maximum Gasteiger partial charge on any atom is 0.179 e. The first-order chi connectivity index (χ1) is 14.6. The monoisotopic (exact) mass is 404 g/mol. The van der Waals surface area contributed by atoms with E-state index in [0.717, 1.165) is 28.0 Å². The second kappa shape index (κ2) is 8.51. The zero-order chi connectivity index (χ0) is 21.1. The van der Waals surface area contributed by atoms with Crippen LogP contribution in [-0.2, 0) is 7.05 Å². The topological polar surface area (TPSA) is 82.3 Å². The van der Waals surface area contributed by atoms with Gasteiger partial charge in [-0.15, -0.1) is 0 Å². The van der Waals surface area contributed by atoms with Crippen LogP contribution in [0.4, 0.5) is 0 Å². The van der Waals surface area contributed by atoms with Crippen molar-refractivity contribution in [3.8, 4) is 22.8 Å². The summed E-state index contributed by atoms with van der Waals surface area (Å²) in [5, 5.41) is 9.70. The van der Waals surface area contributed by atoms with Gasteiger partial charge in [-0.05, 0) is 42.3 Å². The highest BCUT2D eigenvalue weighted by Crippen LogP contribution is 2.33. The highest BCUT2D eigenvalue weighted by atomic mass is 16.5. The van der Waals surface area contributed by atoms with Gasteiger partial charge in [-0.3, -0.25) is 4.98 Å². The van der Waals surface area contributed by atoms with E-state index in [1.807, 2.05) is 60.4 Å². The van der Waals surface area contributed by atoms with Crippen molar-refractivity contribution in [3.05, 3.63) is 66.2 Å². The molecule has 0 saturated heterocycles. The largest absolute Gasteiger partial charge is 0.497 e. The van der Waals surface area contributed by atoms with Gasteiger partial charge in [0.15, 0.2) is 5.65 Å². The maximum atomic E-state index is 9.70. The normalized spacial score (nSPS) is 12.1. The smallest absolute Gasteiger partial charge is 0.179 e. The van der Waals surface area contributed by atoms with Crippen molar-refractivity contribution < 1.29 is 14.6 Å². The highest BCUT2D eigenvalue weighted by molar-refractivity contribution is 5.73. The molecule has 154 valence electrons. The molecule has 0 spiro atoms.